The molecule has 1 rings (SSSR count). The smallest absolute Gasteiger partial charge is 0.137 e. The Hall–Kier alpha value is -0.280. The maximum Gasteiger partial charge on any atom is 0.137 e. The zero-order chi connectivity index (χ0) is 10.4. The van der Waals surface area contributed by atoms with Gasteiger partial charge in [0.05, 0.1) is 23.6 Å². The van der Waals surface area contributed by atoms with E-state index in [9.17, 15) is 4.39 Å². The number of ether oxygens (including phenoxy) is 1. The highest BCUT2D eigenvalue weighted by atomic mass is 79.9. The van der Waals surface area contributed by atoms with Crippen LogP contribution in [-0.4, -0.2) is 13.3 Å². The van der Waals surface area contributed by atoms with Crippen LogP contribution in [0.2, 0.25) is 0 Å². The van der Waals surface area contributed by atoms with Gasteiger partial charge in [-0.2, -0.15) is 0 Å². The summed E-state index contributed by atoms with van der Waals surface area (Å²) in [6.45, 7) is 0.0175. The van der Waals surface area contributed by atoms with Crippen molar-refractivity contribution in [2.75, 3.05) is 13.3 Å². The largest absolute Gasteiger partial charge is 0.492 e. The molecule has 0 saturated heterocycles. The van der Waals surface area contributed by atoms with Crippen LogP contribution in [0, 0.1) is 0 Å². The number of para-hydroxylation sites is 1. The van der Waals surface area contributed by atoms with Gasteiger partial charge in [0.2, 0.25) is 0 Å². The summed E-state index contributed by atoms with van der Waals surface area (Å²) in [5, 5.41) is 0. The summed E-state index contributed by atoms with van der Waals surface area (Å²) in [5.74, 6) is 1.11. The number of alkyl halides is 2. The average molecular weight is 282 g/mol. The van der Waals surface area contributed by atoms with E-state index < -0.39 is 0 Å². The molecule has 1 aromatic carbocycles. The van der Waals surface area contributed by atoms with Gasteiger partial charge in [-0.3, -0.25) is 4.39 Å². The normalized spacial score (nSPS) is 10.2. The van der Waals surface area contributed by atoms with E-state index >= 15 is 0 Å². The van der Waals surface area contributed by atoms with E-state index in [0.717, 1.165) is 15.8 Å². The third-order valence-electron chi connectivity index (χ3n) is 1.72. The Balaban J connectivity index is 2.72. The van der Waals surface area contributed by atoms with Crippen molar-refractivity contribution >= 4 is 27.5 Å². The first-order valence-corrected chi connectivity index (χ1v) is 5.64. The summed E-state index contributed by atoms with van der Waals surface area (Å²) in [6, 6.07) is 5.66. The summed E-state index contributed by atoms with van der Waals surface area (Å²) in [6.07, 6.45) is 0.406. The van der Waals surface area contributed by atoms with Crippen LogP contribution in [-0.2, 0) is 5.88 Å². The molecule has 0 bridgehead atoms. The summed E-state index contributed by atoms with van der Waals surface area (Å²) < 4.78 is 18.1. The lowest BCUT2D eigenvalue weighted by atomic mass is 10.2. The van der Waals surface area contributed by atoms with Crippen LogP contribution in [0.1, 0.15) is 12.0 Å². The molecule has 0 spiro atoms. The molecule has 0 fully saturated rings. The highest BCUT2D eigenvalue weighted by molar-refractivity contribution is 9.10. The third kappa shape index (κ3) is 3.14. The van der Waals surface area contributed by atoms with Gasteiger partial charge in [-0.15, -0.1) is 11.6 Å². The zero-order valence-electron chi connectivity index (χ0n) is 7.60. The first-order valence-electron chi connectivity index (χ1n) is 4.31. The predicted octanol–water partition coefficient (Wildman–Crippen LogP) is 3.93. The van der Waals surface area contributed by atoms with Crippen LogP contribution < -0.4 is 4.74 Å². The van der Waals surface area contributed by atoms with Crippen molar-refractivity contribution in [3.05, 3.63) is 28.2 Å². The van der Waals surface area contributed by atoms with Gasteiger partial charge in [0.25, 0.3) is 0 Å². The first-order chi connectivity index (χ1) is 6.79. The van der Waals surface area contributed by atoms with E-state index in [2.05, 4.69) is 15.9 Å². The molecule has 0 aromatic heterocycles. The molecule has 0 atom stereocenters. The molecular formula is C10H11BrClFO. The van der Waals surface area contributed by atoms with Crippen molar-refractivity contribution in [3.63, 3.8) is 0 Å². The molecule has 0 N–H and O–H groups in total. The van der Waals surface area contributed by atoms with Gasteiger partial charge in [0.15, 0.2) is 0 Å². The van der Waals surface area contributed by atoms with Gasteiger partial charge < -0.3 is 4.74 Å². The topological polar surface area (TPSA) is 9.23 Å². The fourth-order valence-corrected chi connectivity index (χ4v) is 1.78. The zero-order valence-corrected chi connectivity index (χ0v) is 9.94. The summed E-state index contributed by atoms with van der Waals surface area (Å²) in [7, 11) is 0. The van der Waals surface area contributed by atoms with Crippen LogP contribution in [0.15, 0.2) is 22.7 Å². The van der Waals surface area contributed by atoms with Crippen molar-refractivity contribution in [1.29, 1.82) is 0 Å². The predicted molar refractivity (Wildman–Crippen MR) is 59.8 cm³/mol. The third-order valence-corrected chi connectivity index (χ3v) is 2.63. The lowest BCUT2D eigenvalue weighted by Crippen LogP contribution is -2.01. The average Bonchev–Trinajstić information content (AvgIpc) is 2.20. The van der Waals surface area contributed by atoms with E-state index in [-0.39, 0.29) is 6.67 Å². The number of rotatable bonds is 5. The van der Waals surface area contributed by atoms with Gasteiger partial charge in [-0.05, 0) is 22.0 Å². The molecule has 14 heavy (non-hydrogen) atoms. The standard InChI is InChI=1S/C10H11BrClFO/c11-9-4-1-3-8(7-12)10(9)14-6-2-5-13/h1,3-4H,2,5-7H2. The Bertz CT molecular complexity index is 293. The summed E-state index contributed by atoms with van der Waals surface area (Å²) in [4.78, 5) is 0. The summed E-state index contributed by atoms with van der Waals surface area (Å²) >= 11 is 9.10. The maximum absolute atomic E-state index is 11.9. The lowest BCUT2D eigenvalue weighted by molar-refractivity contribution is 0.286. The molecule has 0 aliphatic rings. The number of hydrogen-bond donors (Lipinski definition) is 0. The Labute approximate surface area is 96.3 Å². The van der Waals surface area contributed by atoms with Crippen LogP contribution in [0.25, 0.3) is 0 Å². The number of hydrogen-bond acceptors (Lipinski definition) is 1. The van der Waals surface area contributed by atoms with Crippen molar-refractivity contribution in [1.82, 2.24) is 0 Å². The van der Waals surface area contributed by atoms with Crippen LogP contribution >= 0.6 is 27.5 Å². The van der Waals surface area contributed by atoms with Crippen LogP contribution in [0.4, 0.5) is 4.39 Å². The number of benzene rings is 1. The Morgan fingerprint density at radius 1 is 1.43 bits per heavy atom. The fraction of sp³-hybridized carbons (Fsp3) is 0.400. The Kier molecular flexibility index (Phi) is 5.26. The van der Waals surface area contributed by atoms with Gasteiger partial charge in [-0.25, -0.2) is 0 Å². The first kappa shape index (κ1) is 11.8. The van der Waals surface area contributed by atoms with Crippen LogP contribution in [0.5, 0.6) is 5.75 Å². The monoisotopic (exact) mass is 280 g/mol. The molecule has 4 heteroatoms. The van der Waals surface area contributed by atoms with Crippen molar-refractivity contribution in [3.8, 4) is 5.75 Å². The SMILES string of the molecule is FCCCOc1c(Br)cccc1CCl. The van der Waals surface area contributed by atoms with Crippen molar-refractivity contribution in [2.45, 2.75) is 12.3 Å². The van der Waals surface area contributed by atoms with E-state index in [4.69, 9.17) is 16.3 Å². The highest BCUT2D eigenvalue weighted by Gasteiger charge is 2.06. The molecule has 1 aromatic rings. The minimum atomic E-state index is -0.360. The van der Waals surface area contributed by atoms with E-state index in [1.807, 2.05) is 18.2 Å². The van der Waals surface area contributed by atoms with Crippen LogP contribution in [0.3, 0.4) is 0 Å². The molecule has 0 saturated carbocycles. The lowest BCUT2D eigenvalue weighted by Gasteiger charge is -2.10. The van der Waals surface area contributed by atoms with Gasteiger partial charge in [0, 0.05) is 12.0 Å². The quantitative estimate of drug-likeness (QED) is 0.587. The summed E-state index contributed by atoms with van der Waals surface area (Å²) in [5.41, 5.74) is 0.917. The van der Waals surface area contributed by atoms with E-state index in [1.165, 1.54) is 0 Å². The minimum Gasteiger partial charge on any atom is -0.492 e. The molecule has 78 valence electrons. The van der Waals surface area contributed by atoms with Crippen molar-refractivity contribution < 1.29 is 9.13 Å². The van der Waals surface area contributed by atoms with E-state index in [0.29, 0.717) is 18.9 Å². The molecule has 0 radical (unpaired) electrons. The second kappa shape index (κ2) is 6.25. The highest BCUT2D eigenvalue weighted by Crippen LogP contribution is 2.30. The molecule has 0 aliphatic heterocycles. The second-order valence-corrected chi connectivity index (χ2v) is 3.87. The second-order valence-electron chi connectivity index (χ2n) is 2.75. The van der Waals surface area contributed by atoms with Gasteiger partial charge >= 0.3 is 0 Å². The molecule has 0 unspecified atom stereocenters. The minimum absolute atomic E-state index is 0.360. The molecular weight excluding hydrogens is 270 g/mol. The van der Waals surface area contributed by atoms with Crippen molar-refractivity contribution in [2.24, 2.45) is 0 Å². The Morgan fingerprint density at radius 3 is 2.86 bits per heavy atom. The van der Waals surface area contributed by atoms with Gasteiger partial charge in [-0.1, -0.05) is 12.1 Å². The molecule has 0 amide bonds. The fourth-order valence-electron chi connectivity index (χ4n) is 1.05. The van der Waals surface area contributed by atoms with E-state index in [1.54, 1.807) is 0 Å². The Morgan fingerprint density at radius 2 is 2.21 bits per heavy atom. The maximum atomic E-state index is 11.9. The molecule has 1 nitrogen and oxygen atoms in total. The van der Waals surface area contributed by atoms with Gasteiger partial charge in [0.1, 0.15) is 5.75 Å². The molecule has 0 aliphatic carbocycles. The molecule has 0 heterocycles. The number of halogens is 3.